The minimum absolute atomic E-state index is 0.0694. The third-order valence-corrected chi connectivity index (χ3v) is 4.11. The molecule has 2 aromatic rings. The van der Waals surface area contributed by atoms with Crippen LogP contribution in [0.25, 0.3) is 10.7 Å². The number of thiazole rings is 1. The molecule has 0 saturated heterocycles. The van der Waals surface area contributed by atoms with Gasteiger partial charge < -0.3 is 0 Å². The van der Waals surface area contributed by atoms with Crippen LogP contribution in [0.15, 0.2) is 0 Å². The van der Waals surface area contributed by atoms with Gasteiger partial charge in [-0.15, -0.1) is 11.3 Å². The summed E-state index contributed by atoms with van der Waals surface area (Å²) in [6.45, 7) is 8.61. The largest absolute Gasteiger partial charge is 0.281 e. The first-order valence-corrected chi connectivity index (χ1v) is 6.79. The summed E-state index contributed by atoms with van der Waals surface area (Å²) in [7, 11) is 0. The monoisotopic (exact) mass is 268 g/mol. The third kappa shape index (κ3) is 2.47. The summed E-state index contributed by atoms with van der Waals surface area (Å²) in [5.74, 6) is 0.792. The lowest BCUT2D eigenvalue weighted by molar-refractivity contribution is 0.583. The van der Waals surface area contributed by atoms with Crippen molar-refractivity contribution in [2.75, 3.05) is 0 Å². The zero-order valence-electron chi connectivity index (χ0n) is 10.4. The molecule has 92 valence electrons. The smallest absolute Gasteiger partial charge is 0.213 e. The summed E-state index contributed by atoms with van der Waals surface area (Å²) in [6, 6.07) is 0. The molecular weight excluding hydrogens is 252 g/mol. The number of aryl methyl sites for hydroxylation is 1. The van der Waals surface area contributed by atoms with E-state index in [2.05, 4.69) is 42.9 Å². The van der Waals surface area contributed by atoms with Crippen LogP contribution in [0.2, 0.25) is 0 Å². The number of nitrogens with one attached hydrogen (secondary N) is 2. The second kappa shape index (κ2) is 4.34. The normalized spacial score (nSPS) is 12.0. The Hall–Kier alpha value is -1.01. The van der Waals surface area contributed by atoms with Crippen LogP contribution in [0.1, 0.15) is 38.4 Å². The van der Waals surface area contributed by atoms with Gasteiger partial charge in [-0.05, 0) is 18.6 Å². The van der Waals surface area contributed by atoms with Gasteiger partial charge in [-0.1, -0.05) is 27.7 Å². The Labute approximate surface area is 110 Å². The molecule has 2 N–H and O–H groups in total. The first kappa shape index (κ1) is 12.4. The topological polar surface area (TPSA) is 57.4 Å². The summed E-state index contributed by atoms with van der Waals surface area (Å²) >= 11 is 6.67. The average molecular weight is 268 g/mol. The fourth-order valence-electron chi connectivity index (χ4n) is 1.47. The van der Waals surface area contributed by atoms with Crippen molar-refractivity contribution in [1.29, 1.82) is 0 Å². The first-order valence-electron chi connectivity index (χ1n) is 5.57. The Kier molecular flexibility index (Phi) is 3.18. The molecule has 4 nitrogen and oxygen atoms in total. The second-order valence-electron chi connectivity index (χ2n) is 4.91. The zero-order valence-corrected chi connectivity index (χ0v) is 12.1. The average Bonchev–Trinajstić information content (AvgIpc) is 2.81. The van der Waals surface area contributed by atoms with E-state index in [0.717, 1.165) is 27.8 Å². The van der Waals surface area contributed by atoms with Gasteiger partial charge in [0.15, 0.2) is 5.82 Å². The Bertz CT molecular complexity index is 571. The molecule has 2 aromatic heterocycles. The van der Waals surface area contributed by atoms with Gasteiger partial charge in [0.1, 0.15) is 0 Å². The zero-order chi connectivity index (χ0) is 12.6. The van der Waals surface area contributed by atoms with Gasteiger partial charge in [0.25, 0.3) is 0 Å². The highest BCUT2D eigenvalue weighted by Crippen LogP contribution is 2.34. The molecule has 0 unspecified atom stereocenters. The van der Waals surface area contributed by atoms with E-state index >= 15 is 0 Å². The van der Waals surface area contributed by atoms with Crippen LogP contribution < -0.4 is 0 Å². The number of H-pyrrole nitrogens is 2. The maximum atomic E-state index is 4.98. The van der Waals surface area contributed by atoms with Gasteiger partial charge in [-0.25, -0.2) is 4.98 Å². The molecule has 0 bridgehead atoms. The van der Waals surface area contributed by atoms with E-state index in [-0.39, 0.29) is 5.41 Å². The number of hydrogen-bond acceptors (Lipinski definition) is 4. The highest BCUT2D eigenvalue weighted by Gasteiger charge is 2.22. The fraction of sp³-hybridized carbons (Fsp3) is 0.545. The van der Waals surface area contributed by atoms with E-state index in [0.29, 0.717) is 4.77 Å². The van der Waals surface area contributed by atoms with Crippen molar-refractivity contribution in [3.05, 3.63) is 15.5 Å². The number of hydrogen-bond donors (Lipinski definition) is 2. The second-order valence-corrected chi connectivity index (χ2v) is 6.30. The van der Waals surface area contributed by atoms with Crippen LogP contribution in [0, 0.1) is 4.77 Å². The van der Waals surface area contributed by atoms with Gasteiger partial charge in [0.05, 0.1) is 15.6 Å². The molecule has 0 aliphatic carbocycles. The minimum atomic E-state index is 0.0694. The van der Waals surface area contributed by atoms with Crippen LogP contribution in [0.4, 0.5) is 0 Å². The van der Waals surface area contributed by atoms with E-state index in [1.165, 1.54) is 0 Å². The predicted molar refractivity (Wildman–Crippen MR) is 73.0 cm³/mol. The third-order valence-electron chi connectivity index (χ3n) is 2.39. The Morgan fingerprint density at radius 1 is 1.24 bits per heavy atom. The maximum absolute atomic E-state index is 4.98. The first-order chi connectivity index (χ1) is 7.91. The summed E-state index contributed by atoms with van der Waals surface area (Å²) in [6.07, 6.45) is 0.898. The van der Waals surface area contributed by atoms with Gasteiger partial charge in [-0.3, -0.25) is 10.2 Å². The molecule has 17 heavy (non-hydrogen) atoms. The molecule has 0 aliphatic rings. The lowest BCUT2D eigenvalue weighted by Gasteiger charge is -2.13. The van der Waals surface area contributed by atoms with Crippen molar-refractivity contribution in [2.24, 2.45) is 0 Å². The van der Waals surface area contributed by atoms with Crippen molar-refractivity contribution in [3.8, 4) is 10.7 Å². The summed E-state index contributed by atoms with van der Waals surface area (Å²) in [5.41, 5.74) is 1.15. The summed E-state index contributed by atoms with van der Waals surface area (Å²) in [5, 5.41) is 6.95. The minimum Gasteiger partial charge on any atom is -0.281 e. The van der Waals surface area contributed by atoms with Crippen molar-refractivity contribution in [1.82, 2.24) is 20.2 Å². The summed E-state index contributed by atoms with van der Waals surface area (Å²) < 4.78 is 0.479. The van der Waals surface area contributed by atoms with Gasteiger partial charge in [0, 0.05) is 5.41 Å². The van der Waals surface area contributed by atoms with Crippen molar-refractivity contribution < 1.29 is 0 Å². The molecule has 0 aliphatic heterocycles. The number of rotatable bonds is 2. The van der Waals surface area contributed by atoms with Crippen molar-refractivity contribution in [3.63, 3.8) is 0 Å². The Morgan fingerprint density at radius 2 is 1.94 bits per heavy atom. The number of aromatic nitrogens is 4. The molecular formula is C11H16N4S2. The van der Waals surface area contributed by atoms with Crippen molar-refractivity contribution in [2.45, 2.75) is 39.5 Å². The Morgan fingerprint density at radius 3 is 2.41 bits per heavy atom. The standard InChI is InChI=1S/C11H16N4S2/c1-5-6-7(8-13-10(16)15-14-8)17-9(12-6)11(2,3)4/h5H2,1-4H3,(H2,13,14,15,16). The van der Waals surface area contributed by atoms with E-state index in [9.17, 15) is 0 Å². The van der Waals surface area contributed by atoms with Crippen LogP contribution in [0.5, 0.6) is 0 Å². The van der Waals surface area contributed by atoms with Crippen LogP contribution in [-0.4, -0.2) is 20.2 Å². The van der Waals surface area contributed by atoms with E-state index < -0.39 is 0 Å². The van der Waals surface area contributed by atoms with E-state index in [4.69, 9.17) is 17.2 Å². The molecule has 0 radical (unpaired) electrons. The molecule has 6 heteroatoms. The molecule has 0 amide bonds. The fourth-order valence-corrected chi connectivity index (χ4v) is 2.77. The number of nitrogens with zero attached hydrogens (tertiary/aromatic N) is 2. The van der Waals surface area contributed by atoms with Crippen molar-refractivity contribution >= 4 is 23.6 Å². The van der Waals surface area contributed by atoms with E-state index in [1.54, 1.807) is 11.3 Å². The molecule has 0 aromatic carbocycles. The van der Waals surface area contributed by atoms with Crippen LogP contribution in [-0.2, 0) is 11.8 Å². The Balaban J connectivity index is 2.54. The van der Waals surface area contributed by atoms with E-state index in [1.807, 2.05) is 0 Å². The molecule has 2 rings (SSSR count). The SMILES string of the molecule is CCc1nc(C(C)(C)C)sc1-c1nc(=S)[nH][nH]1. The van der Waals surface area contributed by atoms with Crippen LogP contribution in [0.3, 0.4) is 0 Å². The molecule has 2 heterocycles. The highest BCUT2D eigenvalue weighted by molar-refractivity contribution is 7.71. The predicted octanol–water partition coefficient (Wildman–Crippen LogP) is 3.45. The highest BCUT2D eigenvalue weighted by atomic mass is 32.1. The van der Waals surface area contributed by atoms with Gasteiger partial charge >= 0.3 is 0 Å². The number of aromatic amines is 2. The molecule has 0 saturated carbocycles. The molecule has 0 spiro atoms. The van der Waals surface area contributed by atoms with Crippen LogP contribution >= 0.6 is 23.6 Å². The summed E-state index contributed by atoms with van der Waals surface area (Å²) in [4.78, 5) is 10.0. The molecule has 0 atom stereocenters. The molecule has 0 fully saturated rings. The van der Waals surface area contributed by atoms with Gasteiger partial charge in [0.2, 0.25) is 4.77 Å². The van der Waals surface area contributed by atoms with Gasteiger partial charge in [-0.2, -0.15) is 4.98 Å². The lowest BCUT2D eigenvalue weighted by Crippen LogP contribution is -2.10. The maximum Gasteiger partial charge on any atom is 0.213 e. The quantitative estimate of drug-likeness (QED) is 0.820. The lowest BCUT2D eigenvalue weighted by atomic mass is 9.98.